The molecule has 0 aliphatic rings. The normalized spacial score (nSPS) is 4.00. The van der Waals surface area contributed by atoms with E-state index in [-0.39, 0.29) is 26.2 Å². The molecule has 0 aliphatic heterocycles. The molecule has 0 bridgehead atoms. The molecule has 0 fully saturated rings. The number of hydrogen-bond donors (Lipinski definition) is 0. The van der Waals surface area contributed by atoms with Gasteiger partial charge < -0.3 is 20.1 Å². The Morgan fingerprint density at radius 3 is 0.714 bits per heavy atom. The fraction of sp³-hybridized carbons (Fsp3) is 0. The third-order valence-corrected chi connectivity index (χ3v) is 0. The van der Waals surface area contributed by atoms with Gasteiger partial charge in [0.1, 0.15) is 0 Å². The van der Waals surface area contributed by atoms with Crippen LogP contribution in [0.4, 0.5) is 0 Å². The first-order chi connectivity index (χ1) is 2.83. The van der Waals surface area contributed by atoms with E-state index in [0.29, 0.717) is 0 Å². The summed E-state index contributed by atoms with van der Waals surface area (Å²) in [6, 6.07) is 0. The van der Waals surface area contributed by atoms with E-state index in [1.165, 1.54) is 0 Å². The Labute approximate surface area is 61.9 Å². The summed E-state index contributed by atoms with van der Waals surface area (Å²) in [5.74, 6) is 0. The Balaban J connectivity index is -0.0000000400. The first-order valence-corrected chi connectivity index (χ1v) is 1.15. The van der Waals surface area contributed by atoms with E-state index in [1.807, 2.05) is 0 Å². The van der Waals surface area contributed by atoms with Gasteiger partial charge in [0.15, 0.2) is 0 Å². The third-order valence-electron chi connectivity index (χ3n) is 0. The minimum absolute atomic E-state index is 0. The summed E-state index contributed by atoms with van der Waals surface area (Å²) < 4.78 is 0. The quantitative estimate of drug-likeness (QED) is 0.346. The van der Waals surface area contributed by atoms with Crippen LogP contribution in [-0.2, 0) is 26.2 Å². The molecule has 0 aliphatic carbocycles. The molecule has 0 saturated heterocycles. The van der Waals surface area contributed by atoms with Crippen molar-refractivity contribution in [2.45, 2.75) is 0 Å². The molecule has 0 N–H and O–H groups in total. The van der Waals surface area contributed by atoms with Crippen molar-refractivity contribution in [1.29, 1.82) is 0 Å². The predicted octanol–water partition coefficient (Wildman–Crippen LogP) is -6.06. The zero-order valence-electron chi connectivity index (χ0n) is 3.55. The molecule has 0 spiro atoms. The van der Waals surface area contributed by atoms with Crippen LogP contribution in [0.1, 0.15) is 0 Å². The predicted molar refractivity (Wildman–Crippen MR) is 14.3 cm³/mol. The molecule has 0 atom stereocenters. The van der Waals surface area contributed by atoms with Gasteiger partial charge in [0.25, 0.3) is 0 Å². The summed E-state index contributed by atoms with van der Waals surface area (Å²) in [7, 11) is -2.50. The standard InChI is InChI=1S/2BHO2.Zr/c2*2-1-3;/h2*1H;/q2*-2;+4. The second kappa shape index (κ2) is 28.8. The first kappa shape index (κ1) is 15.7. The Morgan fingerprint density at radius 2 is 0.714 bits per heavy atom. The van der Waals surface area contributed by atoms with Crippen LogP contribution in [0.2, 0.25) is 0 Å². The Hall–Kier alpha value is 0.853. The largest absolute Gasteiger partial charge is 4.00 e. The van der Waals surface area contributed by atoms with Crippen molar-refractivity contribution in [3.63, 3.8) is 0 Å². The van der Waals surface area contributed by atoms with Crippen molar-refractivity contribution in [1.82, 2.24) is 0 Å². The molecule has 0 radical (unpaired) electrons. The molecule has 0 aromatic heterocycles. The third kappa shape index (κ3) is 222. The van der Waals surface area contributed by atoms with E-state index in [2.05, 4.69) is 0 Å². The van der Waals surface area contributed by atoms with E-state index in [4.69, 9.17) is 20.1 Å². The summed E-state index contributed by atoms with van der Waals surface area (Å²) in [6.07, 6.45) is 0. The maximum absolute atomic E-state index is 8.38. The van der Waals surface area contributed by atoms with Crippen LogP contribution in [0.25, 0.3) is 0 Å². The van der Waals surface area contributed by atoms with Gasteiger partial charge in [-0.2, -0.15) is 0 Å². The van der Waals surface area contributed by atoms with E-state index < -0.39 is 15.4 Å². The molecule has 36 valence electrons. The van der Waals surface area contributed by atoms with Crippen LogP contribution >= 0.6 is 0 Å². The van der Waals surface area contributed by atoms with Crippen molar-refractivity contribution >= 4 is 15.4 Å². The molecule has 0 amide bonds. The molecule has 4 nitrogen and oxygen atoms in total. The molecule has 7 heavy (non-hydrogen) atoms. The van der Waals surface area contributed by atoms with Gasteiger partial charge >= 0.3 is 26.2 Å². The van der Waals surface area contributed by atoms with Crippen LogP contribution in [0.3, 0.4) is 0 Å². The Kier molecular flexibility index (Phi) is 64.5. The van der Waals surface area contributed by atoms with Gasteiger partial charge in [-0.3, -0.25) is 0 Å². The maximum atomic E-state index is 8.38. The monoisotopic (exact) mass is 178 g/mol. The molecule has 0 heterocycles. The van der Waals surface area contributed by atoms with Gasteiger partial charge in [-0.25, -0.2) is 0 Å². The van der Waals surface area contributed by atoms with Gasteiger partial charge in [-0.05, 0) is 0 Å². The summed E-state index contributed by atoms with van der Waals surface area (Å²) in [6.45, 7) is 0. The van der Waals surface area contributed by atoms with E-state index in [9.17, 15) is 0 Å². The molecule has 0 rings (SSSR count). The average molecular weight is 179 g/mol. The maximum Gasteiger partial charge on any atom is 4.00 e. The first-order valence-electron chi connectivity index (χ1n) is 1.15. The number of rotatable bonds is 0. The van der Waals surface area contributed by atoms with Crippen LogP contribution in [-0.4, -0.2) is 15.4 Å². The second-order valence-corrected chi connectivity index (χ2v) is 0.236. The van der Waals surface area contributed by atoms with Gasteiger partial charge in [-0.1, -0.05) is 0 Å². The molecule has 0 saturated carbocycles. The zero-order chi connectivity index (χ0) is 5.41. The van der Waals surface area contributed by atoms with Crippen molar-refractivity contribution in [3.05, 3.63) is 0 Å². The van der Waals surface area contributed by atoms with Gasteiger partial charge in [-0.15, -0.1) is 15.4 Å². The molecule has 0 aromatic rings. The van der Waals surface area contributed by atoms with Gasteiger partial charge in [0.05, 0.1) is 0 Å². The topological polar surface area (TPSA) is 92.2 Å². The van der Waals surface area contributed by atoms with Crippen LogP contribution in [0.5, 0.6) is 0 Å². The minimum Gasteiger partial charge on any atom is -0.896 e. The summed E-state index contributed by atoms with van der Waals surface area (Å²) in [5, 5.41) is 33.5. The molecule has 0 aromatic carbocycles. The Morgan fingerprint density at radius 1 is 0.714 bits per heavy atom. The fourth-order valence-electron chi connectivity index (χ4n) is 0. The minimum atomic E-state index is -1.25. The van der Waals surface area contributed by atoms with Gasteiger partial charge in [0.2, 0.25) is 0 Å². The van der Waals surface area contributed by atoms with Crippen LogP contribution in [0, 0.1) is 0 Å². The van der Waals surface area contributed by atoms with Gasteiger partial charge in [0, 0.05) is 0 Å². The van der Waals surface area contributed by atoms with E-state index in [0.717, 1.165) is 0 Å². The zero-order valence-corrected chi connectivity index (χ0v) is 6.01. The summed E-state index contributed by atoms with van der Waals surface area (Å²) >= 11 is 0. The molecule has 0 unspecified atom stereocenters. The fourth-order valence-corrected chi connectivity index (χ4v) is 0. The van der Waals surface area contributed by atoms with Crippen molar-refractivity contribution < 1.29 is 46.3 Å². The van der Waals surface area contributed by atoms with Crippen molar-refractivity contribution in [3.8, 4) is 0 Å². The molecule has 7 heteroatoms. The van der Waals surface area contributed by atoms with E-state index in [1.54, 1.807) is 0 Å². The molecular formula is H2B2O4Zr. The average Bonchev–Trinajstić information content (AvgIpc) is 1.39. The smallest absolute Gasteiger partial charge is 0.896 e. The summed E-state index contributed by atoms with van der Waals surface area (Å²) in [5.41, 5.74) is 0. The molecular weight excluding hydrogens is 177 g/mol. The van der Waals surface area contributed by atoms with Crippen molar-refractivity contribution in [2.75, 3.05) is 0 Å². The van der Waals surface area contributed by atoms with Crippen LogP contribution in [0.15, 0.2) is 0 Å². The SMILES string of the molecule is [O-]B[O-].[O-]B[O-].[Zr+4]. The van der Waals surface area contributed by atoms with Crippen LogP contribution < -0.4 is 20.1 Å². The summed E-state index contributed by atoms with van der Waals surface area (Å²) in [4.78, 5) is 0. The second-order valence-electron chi connectivity index (χ2n) is 0.236. The number of hydrogen-bond acceptors (Lipinski definition) is 4. The Bertz CT molecular complexity index is 11.7. The van der Waals surface area contributed by atoms with E-state index >= 15 is 0 Å². The van der Waals surface area contributed by atoms with Crippen molar-refractivity contribution in [2.24, 2.45) is 0 Å².